The Morgan fingerprint density at radius 1 is 1.00 bits per heavy atom. The molecule has 0 radical (unpaired) electrons. The van der Waals surface area contributed by atoms with Crippen molar-refractivity contribution in [3.8, 4) is 22.1 Å². The SMILES string of the molecule is COc1ccc(C(=O)NNC(=O)Cc2csc(-c3ccc(C)cc3C)n2)cc1OC. The zero-order valence-electron chi connectivity index (χ0n) is 17.2. The number of aromatic nitrogens is 1. The van der Waals surface area contributed by atoms with Crippen molar-refractivity contribution in [2.45, 2.75) is 20.3 Å². The number of nitrogens with one attached hydrogen (secondary N) is 2. The number of aryl methyl sites for hydroxylation is 2. The lowest BCUT2D eigenvalue weighted by molar-refractivity contribution is -0.121. The fourth-order valence-corrected chi connectivity index (χ4v) is 3.86. The highest BCUT2D eigenvalue weighted by Gasteiger charge is 2.14. The smallest absolute Gasteiger partial charge is 0.269 e. The molecule has 0 aliphatic rings. The highest BCUT2D eigenvalue weighted by molar-refractivity contribution is 7.13. The molecule has 0 bridgehead atoms. The molecule has 3 rings (SSSR count). The summed E-state index contributed by atoms with van der Waals surface area (Å²) in [5.41, 5.74) is 9.19. The van der Waals surface area contributed by atoms with Gasteiger partial charge in [0.05, 0.1) is 26.3 Å². The normalized spacial score (nSPS) is 10.4. The zero-order chi connectivity index (χ0) is 21.7. The average molecular weight is 426 g/mol. The number of hydrogen-bond acceptors (Lipinski definition) is 6. The highest BCUT2D eigenvalue weighted by atomic mass is 32.1. The van der Waals surface area contributed by atoms with E-state index >= 15 is 0 Å². The Labute approximate surface area is 179 Å². The Morgan fingerprint density at radius 2 is 1.77 bits per heavy atom. The molecule has 1 aromatic heterocycles. The molecule has 0 aliphatic carbocycles. The van der Waals surface area contributed by atoms with Crippen LogP contribution in [0, 0.1) is 13.8 Å². The number of carbonyl (C=O) groups is 2. The van der Waals surface area contributed by atoms with E-state index in [2.05, 4.69) is 21.9 Å². The van der Waals surface area contributed by atoms with Crippen LogP contribution in [0.5, 0.6) is 11.5 Å². The monoisotopic (exact) mass is 425 g/mol. The first-order valence-corrected chi connectivity index (χ1v) is 10.1. The van der Waals surface area contributed by atoms with Crippen LogP contribution >= 0.6 is 11.3 Å². The summed E-state index contributed by atoms with van der Waals surface area (Å²) in [5.74, 6) is 0.124. The van der Waals surface area contributed by atoms with Gasteiger partial charge in [-0.3, -0.25) is 20.4 Å². The van der Waals surface area contributed by atoms with Crippen LogP contribution in [-0.4, -0.2) is 31.0 Å². The zero-order valence-corrected chi connectivity index (χ0v) is 18.1. The molecule has 0 saturated carbocycles. The number of ether oxygens (including phenoxy) is 2. The van der Waals surface area contributed by atoms with Gasteiger partial charge in [-0.05, 0) is 37.6 Å². The van der Waals surface area contributed by atoms with Crippen molar-refractivity contribution in [2.24, 2.45) is 0 Å². The summed E-state index contributed by atoms with van der Waals surface area (Å²) >= 11 is 1.49. The summed E-state index contributed by atoms with van der Waals surface area (Å²) in [5, 5.41) is 2.72. The predicted molar refractivity (Wildman–Crippen MR) is 116 cm³/mol. The fraction of sp³-hybridized carbons (Fsp3) is 0.227. The fourth-order valence-electron chi connectivity index (χ4n) is 2.95. The predicted octanol–water partition coefficient (Wildman–Crippen LogP) is 3.45. The van der Waals surface area contributed by atoms with Crippen molar-refractivity contribution in [2.75, 3.05) is 14.2 Å². The Balaban J connectivity index is 1.59. The van der Waals surface area contributed by atoms with Crippen molar-refractivity contribution in [3.05, 3.63) is 64.2 Å². The molecule has 0 saturated heterocycles. The molecule has 2 amide bonds. The van der Waals surface area contributed by atoms with Crippen molar-refractivity contribution < 1.29 is 19.1 Å². The van der Waals surface area contributed by atoms with Gasteiger partial charge in [-0.2, -0.15) is 0 Å². The van der Waals surface area contributed by atoms with Crippen LogP contribution < -0.4 is 20.3 Å². The van der Waals surface area contributed by atoms with Crippen LogP contribution in [0.1, 0.15) is 27.2 Å². The van der Waals surface area contributed by atoms with Gasteiger partial charge in [0, 0.05) is 16.5 Å². The molecule has 0 atom stereocenters. The first-order chi connectivity index (χ1) is 14.4. The van der Waals surface area contributed by atoms with E-state index in [9.17, 15) is 9.59 Å². The second kappa shape index (κ2) is 9.41. The van der Waals surface area contributed by atoms with Gasteiger partial charge in [0.25, 0.3) is 5.91 Å². The maximum Gasteiger partial charge on any atom is 0.269 e. The number of nitrogens with zero attached hydrogens (tertiary/aromatic N) is 1. The van der Waals surface area contributed by atoms with Gasteiger partial charge in [0.2, 0.25) is 5.91 Å². The quantitative estimate of drug-likeness (QED) is 0.591. The summed E-state index contributed by atoms with van der Waals surface area (Å²) in [7, 11) is 3.00. The van der Waals surface area contributed by atoms with Gasteiger partial charge < -0.3 is 9.47 Å². The van der Waals surface area contributed by atoms with E-state index in [1.165, 1.54) is 37.2 Å². The molecular weight excluding hydrogens is 402 g/mol. The Morgan fingerprint density at radius 3 is 2.47 bits per heavy atom. The third-order valence-electron chi connectivity index (χ3n) is 4.47. The molecule has 0 fully saturated rings. The van der Waals surface area contributed by atoms with E-state index in [0.29, 0.717) is 22.8 Å². The first kappa shape index (κ1) is 21.3. The number of amides is 2. The average Bonchev–Trinajstić information content (AvgIpc) is 3.19. The van der Waals surface area contributed by atoms with Gasteiger partial charge in [0.1, 0.15) is 5.01 Å². The number of thiazole rings is 1. The van der Waals surface area contributed by atoms with Crippen LogP contribution in [-0.2, 0) is 11.2 Å². The molecular formula is C22H23N3O4S. The molecule has 7 nitrogen and oxygen atoms in total. The van der Waals surface area contributed by atoms with E-state index in [0.717, 1.165) is 16.1 Å². The molecule has 156 valence electrons. The molecule has 30 heavy (non-hydrogen) atoms. The van der Waals surface area contributed by atoms with E-state index in [-0.39, 0.29) is 12.3 Å². The second-order valence-electron chi connectivity index (χ2n) is 6.71. The van der Waals surface area contributed by atoms with Crippen LogP contribution in [0.4, 0.5) is 0 Å². The minimum Gasteiger partial charge on any atom is -0.493 e. The van der Waals surface area contributed by atoms with Gasteiger partial charge in [-0.1, -0.05) is 23.8 Å². The van der Waals surface area contributed by atoms with E-state index in [1.54, 1.807) is 12.1 Å². The third kappa shape index (κ3) is 4.96. The van der Waals surface area contributed by atoms with Crippen LogP contribution in [0.25, 0.3) is 10.6 Å². The molecule has 2 aromatic carbocycles. The summed E-state index contributed by atoms with van der Waals surface area (Å²) in [6.07, 6.45) is 0.0631. The minimum atomic E-state index is -0.460. The Kier molecular flexibility index (Phi) is 6.68. The lowest BCUT2D eigenvalue weighted by Gasteiger charge is -2.10. The highest BCUT2D eigenvalue weighted by Crippen LogP contribution is 2.28. The maximum absolute atomic E-state index is 12.3. The molecule has 2 N–H and O–H groups in total. The molecule has 3 aromatic rings. The van der Waals surface area contributed by atoms with E-state index in [4.69, 9.17) is 9.47 Å². The molecule has 0 spiro atoms. The number of hydrazine groups is 1. The summed E-state index contributed by atoms with van der Waals surface area (Å²) < 4.78 is 10.3. The topological polar surface area (TPSA) is 89.6 Å². The molecule has 0 unspecified atom stereocenters. The molecule has 0 aliphatic heterocycles. The number of methoxy groups -OCH3 is 2. The molecule has 1 heterocycles. The van der Waals surface area contributed by atoms with E-state index < -0.39 is 5.91 Å². The van der Waals surface area contributed by atoms with Crippen molar-refractivity contribution in [1.29, 1.82) is 0 Å². The second-order valence-corrected chi connectivity index (χ2v) is 7.57. The van der Waals surface area contributed by atoms with Crippen molar-refractivity contribution in [1.82, 2.24) is 15.8 Å². The summed E-state index contributed by atoms with van der Waals surface area (Å²) in [6.45, 7) is 4.09. The third-order valence-corrected chi connectivity index (χ3v) is 5.39. The van der Waals surface area contributed by atoms with E-state index in [1.807, 2.05) is 31.4 Å². The van der Waals surface area contributed by atoms with Crippen LogP contribution in [0.2, 0.25) is 0 Å². The van der Waals surface area contributed by atoms with Gasteiger partial charge >= 0.3 is 0 Å². The first-order valence-electron chi connectivity index (χ1n) is 9.24. The number of rotatable bonds is 6. The summed E-state index contributed by atoms with van der Waals surface area (Å²) in [4.78, 5) is 29.1. The Bertz CT molecular complexity index is 1080. The van der Waals surface area contributed by atoms with Gasteiger partial charge in [-0.25, -0.2) is 4.98 Å². The standard InChI is InChI=1S/C22H23N3O4S/c1-13-5-7-17(14(2)9-13)22-23-16(12-30-22)11-20(26)24-25-21(27)15-6-8-18(28-3)19(10-15)29-4/h5-10,12H,11H2,1-4H3,(H,24,26)(H,25,27). The van der Waals surface area contributed by atoms with Crippen LogP contribution in [0.3, 0.4) is 0 Å². The minimum absolute atomic E-state index is 0.0631. The molecule has 8 heteroatoms. The van der Waals surface area contributed by atoms with Crippen molar-refractivity contribution in [3.63, 3.8) is 0 Å². The van der Waals surface area contributed by atoms with Gasteiger partial charge in [0.15, 0.2) is 11.5 Å². The largest absolute Gasteiger partial charge is 0.493 e. The Hall–Kier alpha value is -3.39. The van der Waals surface area contributed by atoms with Crippen molar-refractivity contribution >= 4 is 23.2 Å². The van der Waals surface area contributed by atoms with Crippen LogP contribution in [0.15, 0.2) is 41.8 Å². The maximum atomic E-state index is 12.3. The number of carbonyl (C=O) groups excluding carboxylic acids is 2. The lowest BCUT2D eigenvalue weighted by Crippen LogP contribution is -2.42. The number of hydrogen-bond donors (Lipinski definition) is 2. The summed E-state index contributed by atoms with van der Waals surface area (Å²) in [6, 6.07) is 10.9. The number of benzene rings is 2. The van der Waals surface area contributed by atoms with Gasteiger partial charge in [-0.15, -0.1) is 11.3 Å². The lowest BCUT2D eigenvalue weighted by atomic mass is 10.1.